The summed E-state index contributed by atoms with van der Waals surface area (Å²) in [6.45, 7) is 2.09. The molecule has 1 aliphatic carbocycles. The van der Waals surface area contributed by atoms with Crippen molar-refractivity contribution in [1.82, 2.24) is 15.0 Å². The Hall–Kier alpha value is -1.63. The Morgan fingerprint density at radius 2 is 1.90 bits per heavy atom. The van der Waals surface area contributed by atoms with Gasteiger partial charge in [-0.15, -0.1) is 0 Å². The summed E-state index contributed by atoms with van der Waals surface area (Å²) in [4.78, 5) is 17.4. The van der Waals surface area contributed by atoms with E-state index in [-0.39, 0.29) is 0 Å². The lowest BCUT2D eigenvalue weighted by molar-refractivity contribution is 0.340. The molecule has 1 saturated carbocycles. The topological polar surface area (TPSA) is 83.2 Å². The molecule has 3 rings (SSSR count). The van der Waals surface area contributed by atoms with E-state index in [1.807, 2.05) is 19.0 Å². The Labute approximate surface area is 119 Å². The van der Waals surface area contributed by atoms with Crippen molar-refractivity contribution in [2.45, 2.75) is 32.1 Å². The summed E-state index contributed by atoms with van der Waals surface area (Å²) in [5.41, 5.74) is 3.03. The number of nitrogens with two attached hydrogens (primary N) is 1. The quantitative estimate of drug-likeness (QED) is 0.629. The smallest absolute Gasteiger partial charge is 0.243 e. The molecule has 1 aliphatic heterocycles. The molecule has 0 atom stereocenters. The second kappa shape index (κ2) is 5.05. The largest absolute Gasteiger partial charge is 0.347 e. The Balaban J connectivity index is 1.85. The van der Waals surface area contributed by atoms with Crippen molar-refractivity contribution in [3.8, 4) is 0 Å². The SMILES string of the molecule is CN(C)c1nc(NN)nc(N2CCC3(CCCC3)C2)n1. The molecule has 3 N–H and O–H groups in total. The zero-order valence-electron chi connectivity index (χ0n) is 12.3. The summed E-state index contributed by atoms with van der Waals surface area (Å²) in [6.07, 6.45) is 6.67. The van der Waals surface area contributed by atoms with Crippen LogP contribution in [0.5, 0.6) is 0 Å². The molecule has 110 valence electrons. The highest BCUT2D eigenvalue weighted by atomic mass is 15.4. The number of nitrogens with zero attached hydrogens (tertiary/aromatic N) is 5. The van der Waals surface area contributed by atoms with Gasteiger partial charge in [-0.3, -0.25) is 5.43 Å². The molecule has 0 bridgehead atoms. The fraction of sp³-hybridized carbons (Fsp3) is 0.769. The van der Waals surface area contributed by atoms with Crippen molar-refractivity contribution in [2.24, 2.45) is 11.3 Å². The third-order valence-corrected chi connectivity index (χ3v) is 4.53. The summed E-state index contributed by atoms with van der Waals surface area (Å²) in [6, 6.07) is 0. The molecule has 7 heteroatoms. The van der Waals surface area contributed by atoms with Gasteiger partial charge in [0.1, 0.15) is 0 Å². The first-order valence-corrected chi connectivity index (χ1v) is 7.27. The molecular weight excluding hydrogens is 254 g/mol. The summed E-state index contributed by atoms with van der Waals surface area (Å²) >= 11 is 0. The second-order valence-electron chi connectivity index (χ2n) is 6.18. The minimum atomic E-state index is 0.422. The van der Waals surface area contributed by atoms with E-state index in [2.05, 4.69) is 25.3 Å². The van der Waals surface area contributed by atoms with Crippen LogP contribution < -0.4 is 21.1 Å². The molecule has 2 fully saturated rings. The van der Waals surface area contributed by atoms with Gasteiger partial charge in [-0.1, -0.05) is 12.8 Å². The van der Waals surface area contributed by atoms with Crippen LogP contribution in [0.1, 0.15) is 32.1 Å². The Morgan fingerprint density at radius 1 is 1.15 bits per heavy atom. The lowest BCUT2D eigenvalue weighted by Gasteiger charge is -2.24. The summed E-state index contributed by atoms with van der Waals surface area (Å²) in [7, 11) is 3.84. The van der Waals surface area contributed by atoms with Crippen LogP contribution >= 0.6 is 0 Å². The van der Waals surface area contributed by atoms with E-state index >= 15 is 0 Å². The van der Waals surface area contributed by atoms with Crippen LogP contribution in [-0.4, -0.2) is 42.1 Å². The maximum Gasteiger partial charge on any atom is 0.243 e. The van der Waals surface area contributed by atoms with E-state index in [9.17, 15) is 0 Å². The molecule has 2 heterocycles. The number of hydrogen-bond acceptors (Lipinski definition) is 7. The highest BCUT2D eigenvalue weighted by Gasteiger charge is 2.41. The number of hydrogen-bond donors (Lipinski definition) is 2. The fourth-order valence-corrected chi connectivity index (χ4v) is 3.40. The van der Waals surface area contributed by atoms with Gasteiger partial charge in [-0.2, -0.15) is 15.0 Å². The van der Waals surface area contributed by atoms with Gasteiger partial charge < -0.3 is 9.80 Å². The lowest BCUT2D eigenvalue weighted by atomic mass is 9.86. The number of rotatable bonds is 3. The van der Waals surface area contributed by atoms with Gasteiger partial charge in [-0.25, -0.2) is 5.84 Å². The molecule has 7 nitrogen and oxygen atoms in total. The van der Waals surface area contributed by atoms with Gasteiger partial charge >= 0.3 is 0 Å². The zero-order chi connectivity index (χ0) is 14.2. The predicted octanol–water partition coefficient (Wildman–Crippen LogP) is 0.994. The highest BCUT2D eigenvalue weighted by molar-refractivity contribution is 5.45. The van der Waals surface area contributed by atoms with Gasteiger partial charge in [0.15, 0.2) is 0 Å². The van der Waals surface area contributed by atoms with Crippen molar-refractivity contribution in [3.05, 3.63) is 0 Å². The minimum Gasteiger partial charge on any atom is -0.347 e. The number of aromatic nitrogens is 3. The first kappa shape index (κ1) is 13.4. The maximum atomic E-state index is 5.46. The van der Waals surface area contributed by atoms with Crippen molar-refractivity contribution in [1.29, 1.82) is 0 Å². The van der Waals surface area contributed by atoms with Crippen LogP contribution in [0.3, 0.4) is 0 Å². The third-order valence-electron chi connectivity index (χ3n) is 4.53. The van der Waals surface area contributed by atoms with Crippen LogP contribution in [0, 0.1) is 5.41 Å². The minimum absolute atomic E-state index is 0.422. The molecule has 1 saturated heterocycles. The first-order valence-electron chi connectivity index (χ1n) is 7.27. The van der Waals surface area contributed by atoms with E-state index in [4.69, 9.17) is 5.84 Å². The predicted molar refractivity (Wildman–Crippen MR) is 79.7 cm³/mol. The number of nitrogens with one attached hydrogen (secondary N) is 1. The molecule has 1 aromatic heterocycles. The molecule has 0 radical (unpaired) electrons. The fourth-order valence-electron chi connectivity index (χ4n) is 3.40. The third kappa shape index (κ3) is 2.37. The Kier molecular flexibility index (Phi) is 3.37. The van der Waals surface area contributed by atoms with E-state index in [0.717, 1.165) is 19.0 Å². The first-order chi connectivity index (χ1) is 9.62. The Bertz CT molecular complexity index is 482. The summed E-state index contributed by atoms with van der Waals surface area (Å²) in [5, 5.41) is 0. The molecule has 0 aromatic carbocycles. The highest BCUT2D eigenvalue weighted by Crippen LogP contribution is 2.45. The van der Waals surface area contributed by atoms with Crippen LogP contribution in [0.15, 0.2) is 0 Å². The van der Waals surface area contributed by atoms with E-state index < -0.39 is 0 Å². The van der Waals surface area contributed by atoms with Crippen LogP contribution in [0.2, 0.25) is 0 Å². The summed E-state index contributed by atoms with van der Waals surface area (Å²) < 4.78 is 0. The zero-order valence-corrected chi connectivity index (χ0v) is 12.3. The Morgan fingerprint density at radius 3 is 2.55 bits per heavy atom. The molecular formula is C13H23N7. The standard InChI is InChI=1S/C13H23N7/c1-19(2)11-15-10(18-14)16-12(17-11)20-8-7-13(9-20)5-3-4-6-13/h3-9,14H2,1-2H3,(H,15,16,17,18). The van der Waals surface area contributed by atoms with Crippen LogP contribution in [0.4, 0.5) is 17.8 Å². The number of nitrogen functional groups attached to an aromatic ring is 1. The van der Waals surface area contributed by atoms with Gasteiger partial charge in [0.2, 0.25) is 17.8 Å². The second-order valence-corrected chi connectivity index (χ2v) is 6.18. The van der Waals surface area contributed by atoms with Gasteiger partial charge in [-0.05, 0) is 24.7 Å². The van der Waals surface area contributed by atoms with Crippen molar-refractivity contribution in [3.63, 3.8) is 0 Å². The van der Waals surface area contributed by atoms with Crippen molar-refractivity contribution < 1.29 is 0 Å². The average molecular weight is 277 g/mol. The normalized spacial score (nSPS) is 20.6. The monoisotopic (exact) mass is 277 g/mol. The molecule has 0 amide bonds. The van der Waals surface area contributed by atoms with Crippen LogP contribution in [-0.2, 0) is 0 Å². The number of anilines is 3. The van der Waals surface area contributed by atoms with Crippen molar-refractivity contribution >= 4 is 17.8 Å². The number of hydrazine groups is 1. The van der Waals surface area contributed by atoms with Crippen LogP contribution in [0.25, 0.3) is 0 Å². The van der Waals surface area contributed by atoms with Gasteiger partial charge in [0.25, 0.3) is 0 Å². The molecule has 20 heavy (non-hydrogen) atoms. The molecule has 0 unspecified atom stereocenters. The van der Waals surface area contributed by atoms with Crippen molar-refractivity contribution in [2.75, 3.05) is 42.4 Å². The van der Waals surface area contributed by atoms with E-state index in [1.54, 1.807) is 0 Å². The van der Waals surface area contributed by atoms with Gasteiger partial charge in [0, 0.05) is 27.2 Å². The maximum absolute atomic E-state index is 5.46. The van der Waals surface area contributed by atoms with Gasteiger partial charge in [0.05, 0.1) is 0 Å². The molecule has 2 aliphatic rings. The average Bonchev–Trinajstić information content (AvgIpc) is 3.09. The summed E-state index contributed by atoms with van der Waals surface area (Å²) in [5.74, 6) is 7.26. The van der Waals surface area contributed by atoms with E-state index in [0.29, 0.717) is 17.3 Å². The lowest BCUT2D eigenvalue weighted by Crippen LogP contribution is -2.28. The molecule has 1 aromatic rings. The molecule has 1 spiro atoms. The van der Waals surface area contributed by atoms with E-state index in [1.165, 1.54) is 32.1 Å².